The van der Waals surface area contributed by atoms with E-state index in [0.717, 1.165) is 17.1 Å². The number of rotatable bonds is 3. The Hall–Kier alpha value is -2.23. The molecule has 1 aromatic carbocycles. The summed E-state index contributed by atoms with van der Waals surface area (Å²) in [5.41, 5.74) is 9.66. The number of methoxy groups -OCH3 is 1. The molecule has 4 heteroatoms. The molecule has 4 nitrogen and oxygen atoms in total. The highest BCUT2D eigenvalue weighted by Crippen LogP contribution is 2.24. The lowest BCUT2D eigenvalue weighted by Gasteiger charge is -2.11. The van der Waals surface area contributed by atoms with Gasteiger partial charge in [0.05, 0.1) is 12.8 Å². The number of nitrogen functional groups attached to an aromatic ring is 1. The normalized spacial score (nSPS) is 10.2. The van der Waals surface area contributed by atoms with Crippen LogP contribution in [0.1, 0.15) is 11.1 Å². The molecule has 0 saturated carbocycles. The lowest BCUT2D eigenvalue weighted by atomic mass is 10.1. The molecule has 0 fully saturated rings. The molecule has 94 valence electrons. The average Bonchev–Trinajstić information content (AvgIpc) is 2.36. The van der Waals surface area contributed by atoms with Crippen LogP contribution in [0.3, 0.4) is 0 Å². The van der Waals surface area contributed by atoms with Crippen molar-refractivity contribution in [1.82, 2.24) is 4.98 Å². The summed E-state index contributed by atoms with van der Waals surface area (Å²) in [5.74, 6) is 1.15. The lowest BCUT2D eigenvalue weighted by molar-refractivity contribution is 0.401. The second kappa shape index (κ2) is 4.96. The molecule has 18 heavy (non-hydrogen) atoms. The van der Waals surface area contributed by atoms with Crippen molar-refractivity contribution in [2.75, 3.05) is 18.2 Å². The topological polar surface area (TPSA) is 60.2 Å². The highest BCUT2D eigenvalue weighted by Gasteiger charge is 2.04. The summed E-state index contributed by atoms with van der Waals surface area (Å²) in [6.07, 6.45) is 0. The van der Waals surface area contributed by atoms with Crippen molar-refractivity contribution in [1.29, 1.82) is 0 Å². The van der Waals surface area contributed by atoms with Crippen molar-refractivity contribution < 1.29 is 4.74 Å². The molecule has 0 atom stereocenters. The van der Waals surface area contributed by atoms with E-state index >= 15 is 0 Å². The molecule has 2 aromatic rings. The van der Waals surface area contributed by atoms with Gasteiger partial charge in [-0.15, -0.1) is 0 Å². The Morgan fingerprint density at radius 2 is 1.94 bits per heavy atom. The average molecular weight is 243 g/mol. The number of hydrogen-bond donors (Lipinski definition) is 2. The number of ether oxygens (including phenoxy) is 1. The minimum absolute atomic E-state index is 0.435. The van der Waals surface area contributed by atoms with E-state index < -0.39 is 0 Å². The molecule has 0 bridgehead atoms. The zero-order chi connectivity index (χ0) is 13.1. The Labute approximate surface area is 107 Å². The van der Waals surface area contributed by atoms with E-state index in [4.69, 9.17) is 10.5 Å². The molecule has 0 spiro atoms. The molecule has 0 aliphatic carbocycles. The number of nitrogens with zero attached hydrogens (tertiary/aromatic N) is 1. The van der Waals surface area contributed by atoms with Gasteiger partial charge >= 0.3 is 0 Å². The molecule has 1 heterocycles. The summed E-state index contributed by atoms with van der Waals surface area (Å²) in [6, 6.07) is 9.85. The summed E-state index contributed by atoms with van der Waals surface area (Å²) < 4.78 is 5.10. The first kappa shape index (κ1) is 12.2. The molecule has 0 amide bonds. The minimum atomic E-state index is 0.435. The standard InChI is InChI=1S/C14H17N3O/c1-9-4-5-10(2)12(8-9)16-13-7-6-11(15)14(17-13)18-3/h4-8H,15H2,1-3H3,(H,16,17). The van der Waals surface area contributed by atoms with Gasteiger partial charge in [0.25, 0.3) is 0 Å². The van der Waals surface area contributed by atoms with Crippen molar-refractivity contribution in [3.8, 4) is 5.88 Å². The van der Waals surface area contributed by atoms with Crippen molar-refractivity contribution in [3.63, 3.8) is 0 Å². The fourth-order valence-electron chi connectivity index (χ4n) is 1.69. The molecule has 0 aliphatic heterocycles. The molecular weight excluding hydrogens is 226 g/mol. The molecule has 3 N–H and O–H groups in total. The van der Waals surface area contributed by atoms with Crippen LogP contribution in [0, 0.1) is 13.8 Å². The molecule has 0 unspecified atom stereocenters. The van der Waals surface area contributed by atoms with Gasteiger partial charge < -0.3 is 15.8 Å². The largest absolute Gasteiger partial charge is 0.479 e. The molecular formula is C14H17N3O. The summed E-state index contributed by atoms with van der Waals surface area (Å²) in [7, 11) is 1.56. The van der Waals surface area contributed by atoms with Crippen LogP contribution in [0.15, 0.2) is 30.3 Å². The Kier molecular flexibility index (Phi) is 3.37. The Morgan fingerprint density at radius 1 is 1.17 bits per heavy atom. The van der Waals surface area contributed by atoms with Gasteiger partial charge in [-0.3, -0.25) is 0 Å². The van der Waals surface area contributed by atoms with E-state index in [9.17, 15) is 0 Å². The second-order valence-corrected chi connectivity index (χ2v) is 4.24. The first-order valence-corrected chi connectivity index (χ1v) is 5.75. The van der Waals surface area contributed by atoms with Gasteiger partial charge in [-0.25, -0.2) is 0 Å². The summed E-state index contributed by atoms with van der Waals surface area (Å²) >= 11 is 0. The van der Waals surface area contributed by atoms with Crippen LogP contribution in [-0.4, -0.2) is 12.1 Å². The molecule has 0 radical (unpaired) electrons. The highest BCUT2D eigenvalue weighted by molar-refractivity contribution is 5.63. The van der Waals surface area contributed by atoms with Crippen molar-refractivity contribution in [2.45, 2.75) is 13.8 Å². The number of aryl methyl sites for hydroxylation is 2. The van der Waals surface area contributed by atoms with E-state index in [1.807, 2.05) is 6.07 Å². The quantitative estimate of drug-likeness (QED) is 0.869. The van der Waals surface area contributed by atoms with Crippen LogP contribution >= 0.6 is 0 Å². The van der Waals surface area contributed by atoms with Gasteiger partial charge in [0, 0.05) is 5.69 Å². The van der Waals surface area contributed by atoms with Crippen molar-refractivity contribution in [3.05, 3.63) is 41.5 Å². The Morgan fingerprint density at radius 3 is 2.67 bits per heavy atom. The first-order valence-electron chi connectivity index (χ1n) is 5.75. The molecule has 0 aliphatic rings. The van der Waals surface area contributed by atoms with E-state index in [1.165, 1.54) is 5.56 Å². The van der Waals surface area contributed by atoms with Gasteiger partial charge in [0.1, 0.15) is 5.82 Å². The minimum Gasteiger partial charge on any atom is -0.479 e. The van der Waals surface area contributed by atoms with Gasteiger partial charge in [0.2, 0.25) is 5.88 Å². The van der Waals surface area contributed by atoms with Crippen LogP contribution in [0.5, 0.6) is 5.88 Å². The zero-order valence-electron chi connectivity index (χ0n) is 10.8. The molecule has 1 aromatic heterocycles. The highest BCUT2D eigenvalue weighted by atomic mass is 16.5. The van der Waals surface area contributed by atoms with E-state index in [2.05, 4.69) is 42.3 Å². The smallest absolute Gasteiger partial charge is 0.238 e. The van der Waals surface area contributed by atoms with Gasteiger partial charge in [0.15, 0.2) is 0 Å². The first-order chi connectivity index (χ1) is 8.60. The van der Waals surface area contributed by atoms with E-state index in [0.29, 0.717) is 11.6 Å². The number of nitrogens with two attached hydrogens (primary N) is 1. The SMILES string of the molecule is COc1nc(Nc2cc(C)ccc2C)ccc1N. The van der Waals surface area contributed by atoms with Gasteiger partial charge in [-0.1, -0.05) is 12.1 Å². The van der Waals surface area contributed by atoms with Gasteiger partial charge in [-0.2, -0.15) is 4.98 Å². The zero-order valence-corrected chi connectivity index (χ0v) is 10.8. The fraction of sp³-hybridized carbons (Fsp3) is 0.214. The monoisotopic (exact) mass is 243 g/mol. The van der Waals surface area contributed by atoms with Gasteiger partial charge in [-0.05, 0) is 43.2 Å². The number of benzene rings is 1. The maximum atomic E-state index is 5.73. The third-order valence-electron chi connectivity index (χ3n) is 2.74. The summed E-state index contributed by atoms with van der Waals surface area (Å²) in [5, 5.41) is 3.27. The van der Waals surface area contributed by atoms with Crippen LogP contribution in [0.2, 0.25) is 0 Å². The van der Waals surface area contributed by atoms with Crippen molar-refractivity contribution >= 4 is 17.2 Å². The third-order valence-corrected chi connectivity index (χ3v) is 2.74. The number of pyridine rings is 1. The summed E-state index contributed by atoms with van der Waals surface area (Å²) in [4.78, 5) is 4.30. The number of anilines is 3. The number of hydrogen-bond acceptors (Lipinski definition) is 4. The van der Waals surface area contributed by atoms with Crippen LogP contribution < -0.4 is 15.8 Å². The fourth-order valence-corrected chi connectivity index (χ4v) is 1.69. The number of aromatic nitrogens is 1. The Bertz CT molecular complexity index is 567. The summed E-state index contributed by atoms with van der Waals surface area (Å²) in [6.45, 7) is 4.11. The van der Waals surface area contributed by atoms with Crippen LogP contribution in [0.4, 0.5) is 17.2 Å². The predicted molar refractivity (Wildman–Crippen MR) is 74.4 cm³/mol. The maximum absolute atomic E-state index is 5.73. The molecule has 2 rings (SSSR count). The van der Waals surface area contributed by atoms with E-state index in [-0.39, 0.29) is 0 Å². The van der Waals surface area contributed by atoms with Crippen LogP contribution in [0.25, 0.3) is 0 Å². The van der Waals surface area contributed by atoms with E-state index in [1.54, 1.807) is 13.2 Å². The lowest BCUT2D eigenvalue weighted by Crippen LogP contribution is -2.00. The molecule has 0 saturated heterocycles. The van der Waals surface area contributed by atoms with Crippen LogP contribution in [-0.2, 0) is 0 Å². The maximum Gasteiger partial charge on any atom is 0.238 e. The number of nitrogens with one attached hydrogen (secondary N) is 1. The van der Waals surface area contributed by atoms with Crippen molar-refractivity contribution in [2.24, 2.45) is 0 Å². The predicted octanol–water partition coefficient (Wildman–Crippen LogP) is 3.03. The second-order valence-electron chi connectivity index (χ2n) is 4.24. The Balaban J connectivity index is 2.31. The third kappa shape index (κ3) is 2.53.